The van der Waals surface area contributed by atoms with Crippen LogP contribution >= 0.6 is 11.8 Å². The Labute approximate surface area is 135 Å². The monoisotopic (exact) mass is 320 g/mol. The van der Waals surface area contributed by atoms with Crippen molar-refractivity contribution in [3.8, 4) is 17.6 Å². The summed E-state index contributed by atoms with van der Waals surface area (Å²) in [5.74, 6) is 1.58. The number of nitrogens with one attached hydrogen (secondary N) is 1. The van der Waals surface area contributed by atoms with Crippen molar-refractivity contribution in [1.29, 1.82) is 5.26 Å². The van der Waals surface area contributed by atoms with Crippen LogP contribution in [0.25, 0.3) is 0 Å². The van der Waals surface area contributed by atoms with E-state index >= 15 is 0 Å². The molecule has 0 aromatic heterocycles. The lowest BCUT2D eigenvalue weighted by molar-refractivity contribution is -0.120. The van der Waals surface area contributed by atoms with E-state index in [9.17, 15) is 10.1 Å². The molecule has 1 aliphatic heterocycles. The molecule has 0 bridgehead atoms. The van der Waals surface area contributed by atoms with Crippen molar-refractivity contribution in [3.05, 3.63) is 18.2 Å². The van der Waals surface area contributed by atoms with Crippen LogP contribution in [0, 0.1) is 17.2 Å². The van der Waals surface area contributed by atoms with Crippen molar-refractivity contribution in [2.75, 3.05) is 19.0 Å². The normalized spacial score (nSPS) is 15.8. The number of thioether (sulfide) groups is 1. The summed E-state index contributed by atoms with van der Waals surface area (Å²) in [4.78, 5) is 13.0. The summed E-state index contributed by atoms with van der Waals surface area (Å²) < 4.78 is 11.0. The molecule has 1 aromatic carbocycles. The van der Waals surface area contributed by atoms with Gasteiger partial charge in [0.25, 0.3) is 0 Å². The quantitative estimate of drug-likeness (QED) is 0.844. The van der Waals surface area contributed by atoms with Gasteiger partial charge in [0.1, 0.15) is 18.8 Å². The number of amides is 1. The minimum Gasteiger partial charge on any atom is -0.486 e. The number of carbonyl (C=O) groups is 1. The third-order valence-electron chi connectivity index (χ3n) is 3.67. The molecule has 118 valence electrons. The van der Waals surface area contributed by atoms with Crippen LogP contribution < -0.4 is 14.8 Å². The number of hydrogen-bond donors (Lipinski definition) is 1. The molecule has 6 heteroatoms. The van der Waals surface area contributed by atoms with Crippen LogP contribution in [0.1, 0.15) is 20.8 Å². The van der Waals surface area contributed by atoms with Crippen molar-refractivity contribution in [1.82, 2.24) is 5.32 Å². The lowest BCUT2D eigenvalue weighted by Gasteiger charge is -2.27. The third kappa shape index (κ3) is 3.86. The van der Waals surface area contributed by atoms with Gasteiger partial charge in [0.15, 0.2) is 11.5 Å². The predicted octanol–water partition coefficient (Wildman–Crippen LogP) is 2.60. The van der Waals surface area contributed by atoms with E-state index in [1.165, 1.54) is 11.8 Å². The van der Waals surface area contributed by atoms with E-state index in [1.54, 1.807) is 6.92 Å². The van der Waals surface area contributed by atoms with Gasteiger partial charge in [0.2, 0.25) is 5.91 Å². The van der Waals surface area contributed by atoms with Gasteiger partial charge in [-0.3, -0.25) is 4.79 Å². The second kappa shape index (κ2) is 6.93. The number of fused-ring (bicyclic) bond motifs is 1. The number of nitriles is 1. The molecule has 2 rings (SSSR count). The minimum atomic E-state index is -0.843. The van der Waals surface area contributed by atoms with Gasteiger partial charge in [0.05, 0.1) is 11.8 Å². The molecule has 1 N–H and O–H groups in total. The maximum Gasteiger partial charge on any atom is 0.231 e. The Morgan fingerprint density at radius 2 is 2.09 bits per heavy atom. The van der Waals surface area contributed by atoms with Gasteiger partial charge in [-0.15, -0.1) is 11.8 Å². The maximum atomic E-state index is 12.0. The number of carbonyl (C=O) groups excluding carboxylic acids is 1. The maximum absolute atomic E-state index is 12.0. The zero-order chi connectivity index (χ0) is 16.2. The van der Waals surface area contributed by atoms with Gasteiger partial charge < -0.3 is 14.8 Å². The third-order valence-corrected chi connectivity index (χ3v) is 4.66. The summed E-state index contributed by atoms with van der Waals surface area (Å²) in [6.45, 7) is 6.67. The molecule has 1 heterocycles. The molecular formula is C16H20N2O3S. The van der Waals surface area contributed by atoms with Gasteiger partial charge in [-0.1, -0.05) is 13.8 Å². The zero-order valence-electron chi connectivity index (χ0n) is 13.0. The van der Waals surface area contributed by atoms with Crippen molar-refractivity contribution >= 4 is 17.7 Å². The van der Waals surface area contributed by atoms with Gasteiger partial charge in [-0.25, -0.2) is 0 Å². The molecule has 0 aliphatic carbocycles. The van der Waals surface area contributed by atoms with Crippen LogP contribution in [0.3, 0.4) is 0 Å². The number of nitrogens with zero attached hydrogens (tertiary/aromatic N) is 1. The number of benzene rings is 1. The van der Waals surface area contributed by atoms with Crippen molar-refractivity contribution in [2.45, 2.75) is 31.2 Å². The highest BCUT2D eigenvalue weighted by Gasteiger charge is 2.29. The molecule has 1 amide bonds. The Morgan fingerprint density at radius 1 is 1.41 bits per heavy atom. The fourth-order valence-corrected chi connectivity index (χ4v) is 2.61. The summed E-state index contributed by atoms with van der Waals surface area (Å²) >= 11 is 1.41. The van der Waals surface area contributed by atoms with Crippen molar-refractivity contribution in [2.24, 2.45) is 5.92 Å². The van der Waals surface area contributed by atoms with Gasteiger partial charge in [0, 0.05) is 4.90 Å². The lowest BCUT2D eigenvalue weighted by Crippen LogP contribution is -2.49. The van der Waals surface area contributed by atoms with Crippen LogP contribution in [0.5, 0.6) is 11.5 Å². The first-order valence-electron chi connectivity index (χ1n) is 7.19. The Balaban J connectivity index is 1.93. The van der Waals surface area contributed by atoms with Crippen LogP contribution in [0.4, 0.5) is 0 Å². The Kier molecular flexibility index (Phi) is 5.19. The number of hydrogen-bond acceptors (Lipinski definition) is 5. The van der Waals surface area contributed by atoms with Crippen LogP contribution in [0.2, 0.25) is 0 Å². The van der Waals surface area contributed by atoms with Gasteiger partial charge >= 0.3 is 0 Å². The highest BCUT2D eigenvalue weighted by Crippen LogP contribution is 2.34. The Bertz CT molecular complexity index is 598. The highest BCUT2D eigenvalue weighted by molar-refractivity contribution is 8.00. The summed E-state index contributed by atoms with van der Waals surface area (Å²) in [5.41, 5.74) is -0.843. The summed E-state index contributed by atoms with van der Waals surface area (Å²) in [7, 11) is 0. The molecule has 1 aliphatic rings. The molecule has 1 atom stereocenters. The molecule has 0 spiro atoms. The van der Waals surface area contributed by atoms with E-state index in [1.807, 2.05) is 32.0 Å². The molecule has 5 nitrogen and oxygen atoms in total. The van der Waals surface area contributed by atoms with Gasteiger partial charge in [-0.05, 0) is 31.0 Å². The molecular weight excluding hydrogens is 300 g/mol. The van der Waals surface area contributed by atoms with E-state index in [0.717, 1.165) is 10.6 Å². The summed E-state index contributed by atoms with van der Waals surface area (Å²) in [5, 5.41) is 12.0. The summed E-state index contributed by atoms with van der Waals surface area (Å²) in [6, 6.07) is 7.79. The molecule has 1 aromatic rings. The van der Waals surface area contributed by atoms with E-state index < -0.39 is 5.54 Å². The smallest absolute Gasteiger partial charge is 0.231 e. The SMILES string of the molecule is CC(C)[C@@](C)(C#N)NC(=O)CSc1ccc2c(c1)OCCO2. The first kappa shape index (κ1) is 16.5. The second-order valence-corrected chi connectivity index (χ2v) is 6.66. The average molecular weight is 320 g/mol. The fourth-order valence-electron chi connectivity index (χ4n) is 1.89. The average Bonchev–Trinajstić information content (AvgIpc) is 2.52. The van der Waals surface area contributed by atoms with E-state index in [-0.39, 0.29) is 17.6 Å². The molecule has 0 saturated heterocycles. The predicted molar refractivity (Wildman–Crippen MR) is 85.2 cm³/mol. The second-order valence-electron chi connectivity index (χ2n) is 5.61. The first-order chi connectivity index (χ1) is 10.4. The fraction of sp³-hybridized carbons (Fsp3) is 0.500. The largest absolute Gasteiger partial charge is 0.486 e. The zero-order valence-corrected chi connectivity index (χ0v) is 13.8. The van der Waals surface area contributed by atoms with E-state index in [4.69, 9.17) is 9.47 Å². The van der Waals surface area contributed by atoms with Crippen LogP contribution in [-0.2, 0) is 4.79 Å². The molecule has 0 saturated carbocycles. The number of ether oxygens (including phenoxy) is 2. The number of rotatable bonds is 5. The first-order valence-corrected chi connectivity index (χ1v) is 8.18. The Hall–Kier alpha value is -1.87. The van der Waals surface area contributed by atoms with Crippen LogP contribution in [0.15, 0.2) is 23.1 Å². The van der Waals surface area contributed by atoms with E-state index in [0.29, 0.717) is 19.0 Å². The van der Waals surface area contributed by atoms with E-state index in [2.05, 4.69) is 11.4 Å². The molecule has 22 heavy (non-hydrogen) atoms. The minimum absolute atomic E-state index is 0.0424. The summed E-state index contributed by atoms with van der Waals surface area (Å²) in [6.07, 6.45) is 0. The molecule has 0 fully saturated rings. The van der Waals surface area contributed by atoms with Crippen molar-refractivity contribution < 1.29 is 14.3 Å². The lowest BCUT2D eigenvalue weighted by atomic mass is 9.90. The molecule has 0 unspecified atom stereocenters. The van der Waals surface area contributed by atoms with Gasteiger partial charge in [-0.2, -0.15) is 5.26 Å². The molecule has 0 radical (unpaired) electrons. The van der Waals surface area contributed by atoms with Crippen molar-refractivity contribution in [3.63, 3.8) is 0 Å². The topological polar surface area (TPSA) is 71.4 Å². The standard InChI is InChI=1S/C16H20N2O3S/c1-11(2)16(3,10-17)18-15(19)9-22-12-4-5-13-14(8-12)21-7-6-20-13/h4-5,8,11H,6-7,9H2,1-3H3,(H,18,19)/t16-/m1/s1. The van der Waals surface area contributed by atoms with Crippen LogP contribution in [-0.4, -0.2) is 30.4 Å². The highest BCUT2D eigenvalue weighted by atomic mass is 32.2. The Morgan fingerprint density at radius 3 is 2.73 bits per heavy atom.